The monoisotopic (exact) mass is 314 g/mol. The Morgan fingerprint density at radius 1 is 1.43 bits per heavy atom. The van der Waals surface area contributed by atoms with E-state index in [1.54, 1.807) is 0 Å². The highest BCUT2D eigenvalue weighted by molar-refractivity contribution is 7.13. The van der Waals surface area contributed by atoms with Crippen LogP contribution in [0.4, 0.5) is 9.93 Å². The second-order valence-electron chi connectivity index (χ2n) is 4.73. The summed E-state index contributed by atoms with van der Waals surface area (Å²) in [7, 11) is 0. The van der Waals surface area contributed by atoms with Gasteiger partial charge in [0.2, 0.25) is 5.91 Å². The third-order valence-electron chi connectivity index (χ3n) is 2.62. The predicted octanol–water partition coefficient (Wildman–Crippen LogP) is 1.11. The maximum absolute atomic E-state index is 11.7. The van der Waals surface area contributed by atoms with Crippen LogP contribution in [0.2, 0.25) is 0 Å². The van der Waals surface area contributed by atoms with Gasteiger partial charge in [-0.1, -0.05) is 13.8 Å². The van der Waals surface area contributed by atoms with Crippen LogP contribution in [0, 0.1) is 0 Å². The Morgan fingerprint density at radius 3 is 2.57 bits per heavy atom. The number of carboxylic acid groups (broad SMARTS) is 1. The van der Waals surface area contributed by atoms with Crippen LogP contribution in [-0.4, -0.2) is 34.0 Å². The molecule has 0 radical (unpaired) electrons. The van der Waals surface area contributed by atoms with Crippen LogP contribution in [0.15, 0.2) is 5.38 Å². The molecule has 0 aliphatic rings. The summed E-state index contributed by atoms with van der Waals surface area (Å²) in [6.07, 6.45) is -0.181. The van der Waals surface area contributed by atoms with Gasteiger partial charge in [0.05, 0.1) is 5.69 Å². The maximum atomic E-state index is 11.7. The van der Waals surface area contributed by atoms with Crippen molar-refractivity contribution in [2.24, 2.45) is 5.73 Å². The predicted molar refractivity (Wildman–Crippen MR) is 78.2 cm³/mol. The summed E-state index contributed by atoms with van der Waals surface area (Å²) in [5, 5.41) is 15.9. The van der Waals surface area contributed by atoms with E-state index in [0.717, 1.165) is 5.69 Å². The van der Waals surface area contributed by atoms with E-state index in [1.807, 2.05) is 19.2 Å². The van der Waals surface area contributed by atoms with E-state index in [1.165, 1.54) is 11.3 Å². The van der Waals surface area contributed by atoms with Crippen LogP contribution in [0.1, 0.15) is 38.3 Å². The fourth-order valence-corrected chi connectivity index (χ4v) is 2.31. The first-order chi connectivity index (χ1) is 9.79. The van der Waals surface area contributed by atoms with Gasteiger partial charge in [-0.05, 0) is 12.3 Å². The Morgan fingerprint density at radius 2 is 2.10 bits per heavy atom. The van der Waals surface area contributed by atoms with Gasteiger partial charge in [0.25, 0.3) is 0 Å². The molecule has 1 atom stereocenters. The third-order valence-corrected chi connectivity index (χ3v) is 3.39. The quantitative estimate of drug-likeness (QED) is 0.598. The van der Waals surface area contributed by atoms with Gasteiger partial charge in [0.1, 0.15) is 6.04 Å². The summed E-state index contributed by atoms with van der Waals surface area (Å²) in [5.74, 6) is -1.61. The van der Waals surface area contributed by atoms with Crippen LogP contribution in [0.25, 0.3) is 0 Å². The Bertz CT molecular complexity index is 529. The number of aromatic nitrogens is 1. The van der Waals surface area contributed by atoms with Crippen LogP contribution >= 0.6 is 11.3 Å². The van der Waals surface area contributed by atoms with Gasteiger partial charge in [-0.2, -0.15) is 0 Å². The van der Waals surface area contributed by atoms with Crippen LogP contribution in [0.5, 0.6) is 0 Å². The third kappa shape index (κ3) is 5.78. The summed E-state index contributed by atoms with van der Waals surface area (Å²) in [5.41, 5.74) is 5.80. The number of carbonyl (C=O) groups excluding carboxylic acids is 2. The van der Waals surface area contributed by atoms with Gasteiger partial charge in [-0.15, -0.1) is 11.3 Å². The van der Waals surface area contributed by atoms with Gasteiger partial charge >= 0.3 is 12.0 Å². The Balaban J connectivity index is 2.56. The number of hydrogen-bond acceptors (Lipinski definition) is 5. The van der Waals surface area contributed by atoms with Crippen molar-refractivity contribution in [3.05, 3.63) is 11.1 Å². The molecule has 0 saturated heterocycles. The molecule has 0 fully saturated rings. The highest BCUT2D eigenvalue weighted by atomic mass is 32.1. The number of primary amides is 1. The zero-order chi connectivity index (χ0) is 16.0. The second-order valence-corrected chi connectivity index (χ2v) is 5.58. The minimum atomic E-state index is -1.23. The first-order valence-corrected chi connectivity index (χ1v) is 7.21. The molecule has 1 heterocycles. The minimum Gasteiger partial charge on any atom is -0.480 e. The molecular weight excluding hydrogens is 296 g/mol. The molecule has 0 aliphatic heterocycles. The lowest BCUT2D eigenvalue weighted by Crippen LogP contribution is -2.43. The first kappa shape index (κ1) is 16.9. The smallest absolute Gasteiger partial charge is 0.326 e. The van der Waals surface area contributed by atoms with Crippen LogP contribution < -0.4 is 16.4 Å². The zero-order valence-corrected chi connectivity index (χ0v) is 12.6. The average Bonchev–Trinajstić information content (AvgIpc) is 2.82. The lowest BCUT2D eigenvalue weighted by atomic mass is 10.1. The molecule has 1 aromatic heterocycles. The van der Waals surface area contributed by atoms with Crippen molar-refractivity contribution < 1.29 is 19.5 Å². The van der Waals surface area contributed by atoms with Crippen LogP contribution in [0.3, 0.4) is 0 Å². The molecule has 1 rings (SSSR count). The number of carbonyl (C=O) groups is 3. The molecule has 0 aromatic carbocycles. The van der Waals surface area contributed by atoms with E-state index in [-0.39, 0.29) is 18.8 Å². The number of thiazole rings is 1. The Hall–Kier alpha value is -2.16. The molecule has 5 N–H and O–H groups in total. The summed E-state index contributed by atoms with van der Waals surface area (Å²) < 4.78 is 0. The lowest BCUT2D eigenvalue weighted by molar-refractivity contribution is -0.139. The number of nitrogens with zero attached hydrogens (tertiary/aromatic N) is 1. The molecule has 3 amide bonds. The standard InChI is InChI=1S/C12H18N4O4S/c1-6(2)8-5-21-12(15-8)16-11(20)14-7(10(18)19)3-4-9(13)17/h5-7H,3-4H2,1-2H3,(H2,13,17)(H,18,19)(H2,14,15,16,20). The van der Waals surface area contributed by atoms with Gasteiger partial charge < -0.3 is 16.2 Å². The molecule has 1 aromatic rings. The molecule has 9 heteroatoms. The molecular formula is C12H18N4O4S. The van der Waals surface area contributed by atoms with E-state index in [4.69, 9.17) is 10.8 Å². The molecule has 116 valence electrons. The fourth-order valence-electron chi connectivity index (χ4n) is 1.44. The van der Waals surface area contributed by atoms with E-state index in [2.05, 4.69) is 15.6 Å². The number of nitrogens with two attached hydrogens (primary N) is 1. The van der Waals surface area contributed by atoms with E-state index >= 15 is 0 Å². The van der Waals surface area contributed by atoms with E-state index in [9.17, 15) is 14.4 Å². The SMILES string of the molecule is CC(C)c1csc(NC(=O)NC(CCC(N)=O)C(=O)O)n1. The van der Waals surface area contributed by atoms with E-state index in [0.29, 0.717) is 5.13 Å². The highest BCUT2D eigenvalue weighted by Crippen LogP contribution is 2.21. The van der Waals surface area contributed by atoms with Crippen molar-refractivity contribution in [3.8, 4) is 0 Å². The number of aliphatic carboxylic acids is 1. The normalized spacial score (nSPS) is 12.0. The summed E-state index contributed by atoms with van der Waals surface area (Å²) in [6, 6.07) is -1.86. The van der Waals surface area contributed by atoms with E-state index < -0.39 is 23.9 Å². The summed E-state index contributed by atoms with van der Waals surface area (Å²) in [6.45, 7) is 3.95. The van der Waals surface area contributed by atoms with Gasteiger partial charge in [-0.25, -0.2) is 14.6 Å². The van der Waals surface area contributed by atoms with Crippen molar-refractivity contribution in [3.63, 3.8) is 0 Å². The number of rotatable bonds is 7. The van der Waals surface area contributed by atoms with Gasteiger partial charge in [0.15, 0.2) is 5.13 Å². The van der Waals surface area contributed by atoms with Crippen LogP contribution in [-0.2, 0) is 9.59 Å². The summed E-state index contributed by atoms with van der Waals surface area (Å²) in [4.78, 5) is 37.6. The summed E-state index contributed by atoms with van der Waals surface area (Å²) >= 11 is 1.26. The molecule has 8 nitrogen and oxygen atoms in total. The van der Waals surface area contributed by atoms with Crippen molar-refractivity contribution in [2.75, 3.05) is 5.32 Å². The largest absolute Gasteiger partial charge is 0.480 e. The van der Waals surface area contributed by atoms with Gasteiger partial charge in [0, 0.05) is 11.8 Å². The number of nitrogens with one attached hydrogen (secondary N) is 2. The first-order valence-electron chi connectivity index (χ1n) is 6.33. The molecule has 0 saturated carbocycles. The van der Waals surface area contributed by atoms with Crippen molar-refractivity contribution >= 4 is 34.4 Å². The van der Waals surface area contributed by atoms with Crippen molar-refractivity contribution in [1.82, 2.24) is 10.3 Å². The Labute approximate surface area is 125 Å². The maximum Gasteiger partial charge on any atom is 0.326 e. The van der Waals surface area contributed by atoms with Crippen molar-refractivity contribution in [2.45, 2.75) is 38.6 Å². The molecule has 21 heavy (non-hydrogen) atoms. The number of amides is 3. The van der Waals surface area contributed by atoms with Gasteiger partial charge in [-0.3, -0.25) is 10.1 Å². The zero-order valence-electron chi connectivity index (χ0n) is 11.8. The Kier molecular flexibility index (Phi) is 6.10. The molecule has 0 spiro atoms. The molecule has 0 bridgehead atoms. The lowest BCUT2D eigenvalue weighted by Gasteiger charge is -2.13. The number of hydrogen-bond donors (Lipinski definition) is 4. The number of anilines is 1. The highest BCUT2D eigenvalue weighted by Gasteiger charge is 2.21. The second kappa shape index (κ2) is 7.58. The minimum absolute atomic E-state index is 0.0623. The number of urea groups is 1. The molecule has 0 aliphatic carbocycles. The fraction of sp³-hybridized carbons (Fsp3) is 0.500. The van der Waals surface area contributed by atoms with Crippen molar-refractivity contribution in [1.29, 1.82) is 0 Å². The average molecular weight is 314 g/mol. The molecule has 1 unspecified atom stereocenters. The topological polar surface area (TPSA) is 134 Å². The number of carboxylic acids is 1.